The average molecular weight is 403 g/mol. The molecule has 4 rings (SSSR count). The van der Waals surface area contributed by atoms with E-state index in [4.69, 9.17) is 0 Å². The summed E-state index contributed by atoms with van der Waals surface area (Å²) in [4.78, 5) is 21.4. The number of rotatable bonds is 7. The molecule has 0 spiro atoms. The smallest absolute Gasteiger partial charge is 0.274 e. The Kier molecular flexibility index (Phi) is 5.52. The van der Waals surface area contributed by atoms with Gasteiger partial charge in [-0.1, -0.05) is 56.3 Å². The minimum absolute atomic E-state index is 0.191. The lowest BCUT2D eigenvalue weighted by molar-refractivity contribution is 0.864. The average Bonchev–Trinajstić information content (AvgIpc) is 3.16. The number of benzene rings is 2. The van der Waals surface area contributed by atoms with Crippen molar-refractivity contribution in [3.05, 3.63) is 87.3 Å². The van der Waals surface area contributed by atoms with Crippen LogP contribution in [0.4, 0.5) is 11.6 Å². The molecule has 0 aliphatic carbocycles. The maximum atomic E-state index is 12.5. The van der Waals surface area contributed by atoms with Gasteiger partial charge in [-0.25, -0.2) is 4.98 Å². The largest absolute Gasteiger partial charge is 0.379 e. The summed E-state index contributed by atoms with van der Waals surface area (Å²) < 4.78 is 1.35. The molecule has 0 fully saturated rings. The molecule has 0 bridgehead atoms. The molecule has 2 aromatic heterocycles. The van der Waals surface area contributed by atoms with Crippen LogP contribution in [0.25, 0.3) is 5.78 Å². The summed E-state index contributed by atoms with van der Waals surface area (Å²) >= 11 is 0. The van der Waals surface area contributed by atoms with E-state index in [-0.39, 0.29) is 5.56 Å². The van der Waals surface area contributed by atoms with Gasteiger partial charge in [0.1, 0.15) is 0 Å². The molecule has 0 atom stereocenters. The normalized spacial score (nSPS) is 11.2. The number of nitrogens with one attached hydrogen (secondary N) is 3. The van der Waals surface area contributed by atoms with E-state index in [1.165, 1.54) is 16.1 Å². The minimum atomic E-state index is -0.191. The van der Waals surface area contributed by atoms with Crippen molar-refractivity contribution in [2.24, 2.45) is 0 Å². The summed E-state index contributed by atoms with van der Waals surface area (Å²) in [6.45, 7) is 7.45. The number of aryl methyl sites for hydroxylation is 1. The Morgan fingerprint density at radius 3 is 2.50 bits per heavy atom. The summed E-state index contributed by atoms with van der Waals surface area (Å²) in [5.74, 6) is 1.37. The standard InChI is InChI=1S/C23H26N6O/c1-15(2)18-10-8-17(9-11-18)13-25-22-27-23-26-19(12-21(30)29(23)28-22)14-24-20-7-5-4-6-16(20)3/h4-12,15,24H,13-14H2,1-3H3,(H2,25,26,27,28). The number of hydrogen-bond donors (Lipinski definition) is 3. The fourth-order valence-corrected chi connectivity index (χ4v) is 3.26. The monoisotopic (exact) mass is 402 g/mol. The topological polar surface area (TPSA) is 87.1 Å². The molecule has 0 aliphatic rings. The second-order valence-electron chi connectivity index (χ2n) is 7.71. The van der Waals surface area contributed by atoms with Crippen LogP contribution in [0.5, 0.6) is 0 Å². The highest BCUT2D eigenvalue weighted by Gasteiger charge is 2.09. The first-order valence-corrected chi connectivity index (χ1v) is 10.1. The van der Waals surface area contributed by atoms with E-state index in [0.29, 0.717) is 36.4 Å². The van der Waals surface area contributed by atoms with Gasteiger partial charge in [0.15, 0.2) is 0 Å². The number of hydrogen-bond acceptors (Lipinski definition) is 5. The number of fused-ring (bicyclic) bond motifs is 1. The molecule has 2 heterocycles. The van der Waals surface area contributed by atoms with Crippen molar-refractivity contribution in [3.8, 4) is 0 Å². The minimum Gasteiger partial charge on any atom is -0.379 e. The van der Waals surface area contributed by atoms with Crippen LogP contribution in [0.15, 0.2) is 59.4 Å². The molecule has 0 saturated heterocycles. The highest BCUT2D eigenvalue weighted by molar-refractivity contribution is 5.50. The van der Waals surface area contributed by atoms with Gasteiger partial charge in [0.2, 0.25) is 5.95 Å². The highest BCUT2D eigenvalue weighted by Crippen LogP contribution is 2.16. The molecule has 0 amide bonds. The van der Waals surface area contributed by atoms with Crippen molar-refractivity contribution in [1.29, 1.82) is 0 Å². The van der Waals surface area contributed by atoms with Gasteiger partial charge in [0.25, 0.3) is 11.3 Å². The van der Waals surface area contributed by atoms with E-state index in [2.05, 4.69) is 63.8 Å². The molecule has 3 N–H and O–H groups in total. The molecule has 0 aliphatic heterocycles. The van der Waals surface area contributed by atoms with Gasteiger partial charge >= 0.3 is 0 Å². The Bertz CT molecular complexity index is 1210. The number of aromatic nitrogens is 4. The molecule has 2 aromatic carbocycles. The van der Waals surface area contributed by atoms with Gasteiger partial charge in [-0.2, -0.15) is 9.50 Å². The number of H-pyrrole nitrogens is 1. The molecule has 0 unspecified atom stereocenters. The molecular formula is C23H26N6O. The van der Waals surface area contributed by atoms with Crippen molar-refractivity contribution < 1.29 is 0 Å². The van der Waals surface area contributed by atoms with Gasteiger partial charge in [-0.05, 0) is 35.6 Å². The zero-order chi connectivity index (χ0) is 21.1. The Morgan fingerprint density at radius 2 is 1.77 bits per heavy atom. The zero-order valence-electron chi connectivity index (χ0n) is 17.4. The third-order valence-electron chi connectivity index (χ3n) is 5.09. The molecular weight excluding hydrogens is 376 g/mol. The van der Waals surface area contributed by atoms with Crippen LogP contribution in [0.2, 0.25) is 0 Å². The van der Waals surface area contributed by atoms with Gasteiger partial charge in [0, 0.05) is 18.3 Å². The van der Waals surface area contributed by atoms with Crippen LogP contribution in [0, 0.1) is 6.92 Å². The number of nitrogens with zero attached hydrogens (tertiary/aromatic N) is 3. The van der Waals surface area contributed by atoms with Crippen LogP contribution in [0.1, 0.15) is 42.1 Å². The molecule has 7 nitrogen and oxygen atoms in total. The fourth-order valence-electron chi connectivity index (χ4n) is 3.26. The lowest BCUT2D eigenvalue weighted by Gasteiger charge is -2.08. The zero-order valence-corrected chi connectivity index (χ0v) is 17.4. The molecule has 7 heteroatoms. The van der Waals surface area contributed by atoms with Gasteiger partial charge in [-0.3, -0.25) is 9.89 Å². The molecule has 30 heavy (non-hydrogen) atoms. The molecule has 154 valence electrons. The number of anilines is 2. The van der Waals surface area contributed by atoms with Crippen LogP contribution >= 0.6 is 0 Å². The third-order valence-corrected chi connectivity index (χ3v) is 5.09. The summed E-state index contributed by atoms with van der Waals surface area (Å²) in [5, 5.41) is 9.52. The van der Waals surface area contributed by atoms with Crippen molar-refractivity contribution >= 4 is 17.4 Å². The lowest BCUT2D eigenvalue weighted by atomic mass is 10.0. The maximum absolute atomic E-state index is 12.5. The lowest BCUT2D eigenvalue weighted by Crippen LogP contribution is -2.17. The Morgan fingerprint density at radius 1 is 1.00 bits per heavy atom. The molecule has 0 radical (unpaired) electrons. The van der Waals surface area contributed by atoms with E-state index in [9.17, 15) is 4.79 Å². The first kappa shape index (κ1) is 19.7. The first-order valence-electron chi connectivity index (χ1n) is 10.1. The fraction of sp³-hybridized carbons (Fsp3) is 0.261. The summed E-state index contributed by atoms with van der Waals surface area (Å²) in [5.41, 5.74) is 5.07. The Hall–Kier alpha value is -3.61. The van der Waals surface area contributed by atoms with Gasteiger partial charge in [-0.15, -0.1) is 0 Å². The van der Waals surface area contributed by atoms with Gasteiger partial charge in [0.05, 0.1) is 12.2 Å². The van der Waals surface area contributed by atoms with E-state index in [1.54, 1.807) is 0 Å². The van der Waals surface area contributed by atoms with Crippen LogP contribution < -0.4 is 16.2 Å². The number of aromatic amines is 1. The van der Waals surface area contributed by atoms with Crippen LogP contribution in [0.3, 0.4) is 0 Å². The highest BCUT2D eigenvalue weighted by atomic mass is 16.1. The van der Waals surface area contributed by atoms with Crippen molar-refractivity contribution in [2.75, 3.05) is 10.6 Å². The quantitative estimate of drug-likeness (QED) is 0.434. The number of para-hydroxylation sites is 1. The predicted molar refractivity (Wildman–Crippen MR) is 120 cm³/mol. The Labute approximate surface area is 175 Å². The van der Waals surface area contributed by atoms with E-state index >= 15 is 0 Å². The summed E-state index contributed by atoms with van der Waals surface area (Å²) in [7, 11) is 0. The van der Waals surface area contributed by atoms with Gasteiger partial charge < -0.3 is 10.6 Å². The Balaban J connectivity index is 1.46. The predicted octanol–water partition coefficient (Wildman–Crippen LogP) is 4.07. The first-order chi connectivity index (χ1) is 14.5. The van der Waals surface area contributed by atoms with Crippen LogP contribution in [-0.4, -0.2) is 19.6 Å². The van der Waals surface area contributed by atoms with Crippen molar-refractivity contribution in [2.45, 2.75) is 39.8 Å². The SMILES string of the molecule is Cc1ccccc1NCc1cc(=O)n2[nH]c(NCc3ccc(C(C)C)cc3)nc2n1. The second-order valence-corrected chi connectivity index (χ2v) is 7.71. The summed E-state index contributed by atoms with van der Waals surface area (Å²) in [6.07, 6.45) is 0. The maximum Gasteiger partial charge on any atom is 0.274 e. The van der Waals surface area contributed by atoms with Crippen molar-refractivity contribution in [3.63, 3.8) is 0 Å². The second kappa shape index (κ2) is 8.41. The molecule has 0 saturated carbocycles. The van der Waals surface area contributed by atoms with E-state index in [1.807, 2.05) is 31.2 Å². The van der Waals surface area contributed by atoms with E-state index < -0.39 is 0 Å². The molecule has 4 aromatic rings. The van der Waals surface area contributed by atoms with Crippen LogP contribution in [-0.2, 0) is 13.1 Å². The third kappa shape index (κ3) is 4.35. The summed E-state index contributed by atoms with van der Waals surface area (Å²) in [6, 6.07) is 18.0. The van der Waals surface area contributed by atoms with E-state index in [0.717, 1.165) is 16.8 Å². The van der Waals surface area contributed by atoms with Crippen molar-refractivity contribution in [1.82, 2.24) is 19.6 Å².